The highest BCUT2D eigenvalue weighted by Crippen LogP contribution is 2.40. The van der Waals surface area contributed by atoms with Gasteiger partial charge in [0, 0.05) is 5.33 Å². The molecule has 0 bridgehead atoms. The Balaban J connectivity index is 2.44. The van der Waals surface area contributed by atoms with Crippen LogP contribution in [0.25, 0.3) is 0 Å². The summed E-state index contributed by atoms with van der Waals surface area (Å²) in [6.45, 7) is 0. The van der Waals surface area contributed by atoms with Crippen molar-refractivity contribution in [2.24, 2.45) is 0 Å². The van der Waals surface area contributed by atoms with E-state index in [0.29, 0.717) is 16.6 Å². The van der Waals surface area contributed by atoms with E-state index in [1.807, 2.05) is 0 Å². The van der Waals surface area contributed by atoms with E-state index < -0.39 is 11.7 Å². The highest BCUT2D eigenvalue weighted by Gasteiger charge is 2.35. The molecule has 0 aromatic heterocycles. The summed E-state index contributed by atoms with van der Waals surface area (Å²) in [5, 5.41) is 0.338. The number of alkyl halides is 4. The summed E-state index contributed by atoms with van der Waals surface area (Å²) >= 11 is 3.14. The first-order valence-corrected chi connectivity index (χ1v) is 7.15. The van der Waals surface area contributed by atoms with Gasteiger partial charge in [0.2, 0.25) is 0 Å². The quantitative estimate of drug-likeness (QED) is 0.679. The van der Waals surface area contributed by atoms with Crippen LogP contribution < -0.4 is 9.47 Å². The van der Waals surface area contributed by atoms with Crippen LogP contribution in [0.5, 0.6) is 17.2 Å². The average Bonchev–Trinajstić information content (AvgIpc) is 2.47. The molecule has 0 saturated carbocycles. The molecule has 0 N–H and O–H groups in total. The van der Waals surface area contributed by atoms with Gasteiger partial charge in [-0.15, -0.1) is 0 Å². The molecular weight excluding hydrogens is 349 g/mol. The Morgan fingerprint density at radius 1 is 1.00 bits per heavy atom. The molecule has 0 radical (unpaired) electrons. The molecule has 2 aromatic rings. The van der Waals surface area contributed by atoms with Crippen molar-refractivity contribution in [3.63, 3.8) is 0 Å². The zero-order chi connectivity index (χ0) is 15.5. The number of ether oxygens (including phenoxy) is 2. The maximum absolute atomic E-state index is 13.1. The molecule has 0 aliphatic carbocycles. The van der Waals surface area contributed by atoms with Gasteiger partial charge in [0.1, 0.15) is 5.75 Å². The van der Waals surface area contributed by atoms with Crippen LogP contribution in [0.15, 0.2) is 42.5 Å². The molecule has 0 atom stereocenters. The van der Waals surface area contributed by atoms with Crippen LogP contribution >= 0.6 is 15.9 Å². The molecule has 0 aliphatic heterocycles. The summed E-state index contributed by atoms with van der Waals surface area (Å²) in [4.78, 5) is 0. The SMILES string of the molecule is COc1ccccc1Oc1ccc(CBr)cc1C(F)(F)F. The minimum absolute atomic E-state index is 0.233. The van der Waals surface area contributed by atoms with Crippen LogP contribution in [0.3, 0.4) is 0 Å². The maximum atomic E-state index is 13.1. The molecule has 0 heterocycles. The Bertz CT molecular complexity index is 627. The molecule has 112 valence electrons. The molecule has 2 nitrogen and oxygen atoms in total. The van der Waals surface area contributed by atoms with Gasteiger partial charge in [0.25, 0.3) is 0 Å². The number of methoxy groups -OCH3 is 1. The van der Waals surface area contributed by atoms with Crippen LogP contribution in [-0.2, 0) is 11.5 Å². The number of para-hydroxylation sites is 2. The standard InChI is InChI=1S/C15H12BrF3O2/c1-20-13-4-2-3-5-14(13)21-12-7-6-10(9-16)8-11(12)15(17,18)19/h2-8H,9H2,1H3. The summed E-state index contributed by atoms with van der Waals surface area (Å²) in [5.41, 5.74) is -0.292. The van der Waals surface area contributed by atoms with E-state index in [2.05, 4.69) is 15.9 Å². The Hall–Kier alpha value is -1.69. The summed E-state index contributed by atoms with van der Waals surface area (Å²) in [6, 6.07) is 10.5. The maximum Gasteiger partial charge on any atom is 0.419 e. The third kappa shape index (κ3) is 3.69. The Labute approximate surface area is 128 Å². The second kappa shape index (κ2) is 6.39. The zero-order valence-electron chi connectivity index (χ0n) is 11.1. The Morgan fingerprint density at radius 3 is 2.24 bits per heavy atom. The molecule has 0 unspecified atom stereocenters. The lowest BCUT2D eigenvalue weighted by atomic mass is 10.1. The summed E-state index contributed by atoms with van der Waals surface area (Å²) < 4.78 is 49.8. The van der Waals surface area contributed by atoms with Gasteiger partial charge in [0.05, 0.1) is 12.7 Å². The van der Waals surface area contributed by atoms with Crippen molar-refractivity contribution in [3.05, 3.63) is 53.6 Å². The van der Waals surface area contributed by atoms with Gasteiger partial charge < -0.3 is 9.47 Å². The third-order valence-corrected chi connectivity index (χ3v) is 3.44. The Morgan fingerprint density at radius 2 is 1.67 bits per heavy atom. The number of benzene rings is 2. The summed E-state index contributed by atoms with van der Waals surface area (Å²) in [6.07, 6.45) is -4.49. The topological polar surface area (TPSA) is 18.5 Å². The number of halogens is 4. The van der Waals surface area contributed by atoms with Crippen LogP contribution in [-0.4, -0.2) is 7.11 Å². The van der Waals surface area contributed by atoms with Gasteiger partial charge in [-0.2, -0.15) is 13.2 Å². The van der Waals surface area contributed by atoms with Gasteiger partial charge in [-0.1, -0.05) is 34.1 Å². The summed E-state index contributed by atoms with van der Waals surface area (Å²) in [7, 11) is 1.43. The smallest absolute Gasteiger partial charge is 0.419 e. The third-order valence-electron chi connectivity index (χ3n) is 2.79. The number of hydrogen-bond donors (Lipinski definition) is 0. The second-order valence-corrected chi connectivity index (χ2v) is 4.78. The molecule has 0 fully saturated rings. The summed E-state index contributed by atoms with van der Waals surface area (Å²) in [5.74, 6) is 0.351. The lowest BCUT2D eigenvalue weighted by molar-refractivity contribution is -0.138. The van der Waals surface area contributed by atoms with Gasteiger partial charge >= 0.3 is 6.18 Å². The van der Waals surface area contributed by atoms with Crippen LogP contribution in [0, 0.1) is 0 Å². The van der Waals surface area contributed by atoms with Gasteiger partial charge in [-0.25, -0.2) is 0 Å². The number of rotatable bonds is 4. The first-order valence-electron chi connectivity index (χ1n) is 6.02. The van der Waals surface area contributed by atoms with Crippen molar-refractivity contribution in [2.75, 3.05) is 7.11 Å². The van der Waals surface area contributed by atoms with E-state index in [9.17, 15) is 13.2 Å². The molecular formula is C15H12BrF3O2. The van der Waals surface area contributed by atoms with Crippen molar-refractivity contribution in [3.8, 4) is 17.2 Å². The second-order valence-electron chi connectivity index (χ2n) is 4.21. The molecule has 2 aromatic carbocycles. The van der Waals surface area contributed by atoms with Gasteiger partial charge in [-0.3, -0.25) is 0 Å². The molecule has 0 aliphatic rings. The van der Waals surface area contributed by atoms with Crippen LogP contribution in [0.2, 0.25) is 0 Å². The van der Waals surface area contributed by atoms with E-state index in [-0.39, 0.29) is 11.5 Å². The Kier molecular flexibility index (Phi) is 4.77. The van der Waals surface area contributed by atoms with Crippen molar-refractivity contribution >= 4 is 15.9 Å². The normalized spacial score (nSPS) is 11.3. The minimum Gasteiger partial charge on any atom is -0.493 e. The fraction of sp³-hybridized carbons (Fsp3) is 0.200. The average molecular weight is 361 g/mol. The van der Waals surface area contributed by atoms with Crippen molar-refractivity contribution < 1.29 is 22.6 Å². The van der Waals surface area contributed by atoms with Crippen molar-refractivity contribution in [2.45, 2.75) is 11.5 Å². The molecule has 6 heteroatoms. The van der Waals surface area contributed by atoms with Gasteiger partial charge in [0.15, 0.2) is 11.5 Å². The van der Waals surface area contributed by atoms with E-state index in [1.54, 1.807) is 30.3 Å². The van der Waals surface area contributed by atoms with Gasteiger partial charge in [-0.05, 0) is 29.8 Å². The van der Waals surface area contributed by atoms with E-state index in [4.69, 9.17) is 9.47 Å². The predicted octanol–water partition coefficient (Wildman–Crippen LogP) is 5.40. The molecule has 0 spiro atoms. The highest BCUT2D eigenvalue weighted by molar-refractivity contribution is 9.08. The molecule has 0 amide bonds. The van der Waals surface area contributed by atoms with E-state index >= 15 is 0 Å². The fourth-order valence-electron chi connectivity index (χ4n) is 1.79. The van der Waals surface area contributed by atoms with Crippen LogP contribution in [0.4, 0.5) is 13.2 Å². The zero-order valence-corrected chi connectivity index (χ0v) is 12.7. The number of hydrogen-bond acceptors (Lipinski definition) is 2. The molecule has 21 heavy (non-hydrogen) atoms. The van der Waals surface area contributed by atoms with E-state index in [1.165, 1.54) is 13.2 Å². The first kappa shape index (κ1) is 15.7. The largest absolute Gasteiger partial charge is 0.493 e. The molecule has 2 rings (SSSR count). The highest BCUT2D eigenvalue weighted by atomic mass is 79.9. The lowest BCUT2D eigenvalue weighted by Crippen LogP contribution is -2.08. The van der Waals surface area contributed by atoms with Crippen molar-refractivity contribution in [1.29, 1.82) is 0 Å². The monoisotopic (exact) mass is 360 g/mol. The first-order chi connectivity index (χ1) is 9.95. The van der Waals surface area contributed by atoms with Crippen LogP contribution in [0.1, 0.15) is 11.1 Å². The lowest BCUT2D eigenvalue weighted by Gasteiger charge is -2.16. The predicted molar refractivity (Wildman–Crippen MR) is 77.1 cm³/mol. The molecule has 0 saturated heterocycles. The fourth-order valence-corrected chi connectivity index (χ4v) is 2.14. The van der Waals surface area contributed by atoms with E-state index in [0.717, 1.165) is 6.07 Å². The van der Waals surface area contributed by atoms with Crippen molar-refractivity contribution in [1.82, 2.24) is 0 Å². The minimum atomic E-state index is -4.49.